The lowest BCUT2D eigenvalue weighted by Gasteiger charge is -2.62. The zero-order chi connectivity index (χ0) is 19.5. The largest absolute Gasteiger partial charge is 0.353 e. The van der Waals surface area contributed by atoms with E-state index >= 15 is 0 Å². The average molecular weight is 379 g/mol. The van der Waals surface area contributed by atoms with Gasteiger partial charge in [-0.05, 0) is 48.8 Å². The van der Waals surface area contributed by atoms with Gasteiger partial charge >= 0.3 is 0 Å². The Morgan fingerprint density at radius 1 is 1.04 bits per heavy atom. The molecular formula is C24H30N2S. The Kier molecular flexibility index (Phi) is 3.09. The second-order valence-electron chi connectivity index (χ2n) is 9.80. The molecule has 2 atom stereocenters. The van der Waals surface area contributed by atoms with Gasteiger partial charge in [-0.2, -0.15) is 0 Å². The van der Waals surface area contributed by atoms with E-state index in [-0.39, 0.29) is 16.4 Å². The van der Waals surface area contributed by atoms with Gasteiger partial charge in [0, 0.05) is 34.8 Å². The Morgan fingerprint density at radius 2 is 1.74 bits per heavy atom. The molecule has 0 amide bonds. The third kappa shape index (κ3) is 1.62. The lowest BCUT2D eigenvalue weighted by atomic mass is 9.51. The molecular weight excluding hydrogens is 348 g/mol. The van der Waals surface area contributed by atoms with Crippen LogP contribution in [0.4, 0.5) is 5.69 Å². The van der Waals surface area contributed by atoms with Crippen molar-refractivity contribution in [1.29, 1.82) is 0 Å². The van der Waals surface area contributed by atoms with Gasteiger partial charge in [-0.15, -0.1) is 11.3 Å². The highest BCUT2D eigenvalue weighted by Gasteiger charge is 2.65. The fourth-order valence-corrected chi connectivity index (χ4v) is 7.14. The first kappa shape index (κ1) is 17.4. The molecule has 5 rings (SSSR count). The van der Waals surface area contributed by atoms with E-state index in [9.17, 15) is 0 Å². The van der Waals surface area contributed by atoms with E-state index in [4.69, 9.17) is 0 Å². The third-order valence-electron chi connectivity index (χ3n) is 8.52. The summed E-state index contributed by atoms with van der Waals surface area (Å²) in [4.78, 5) is 4.17. The topological polar surface area (TPSA) is 8.17 Å². The van der Waals surface area contributed by atoms with Crippen molar-refractivity contribution < 1.29 is 0 Å². The number of nitrogens with zero attached hydrogens (tertiary/aromatic N) is 2. The molecule has 3 heteroatoms. The van der Waals surface area contributed by atoms with Crippen molar-refractivity contribution in [3.05, 3.63) is 52.0 Å². The summed E-state index contributed by atoms with van der Waals surface area (Å²) in [5.74, 6) is 0. The number of aromatic nitrogens is 1. The Balaban J connectivity index is 1.97. The highest BCUT2D eigenvalue weighted by Crippen LogP contribution is 2.68. The van der Waals surface area contributed by atoms with Crippen LogP contribution >= 0.6 is 11.3 Å². The molecule has 2 unspecified atom stereocenters. The fourth-order valence-electron chi connectivity index (χ4n) is 6.26. The maximum atomic E-state index is 2.75. The minimum atomic E-state index is -0.0506. The summed E-state index contributed by atoms with van der Waals surface area (Å²) >= 11 is 1.87. The van der Waals surface area contributed by atoms with E-state index in [0.717, 1.165) is 0 Å². The quantitative estimate of drug-likeness (QED) is 0.424. The number of para-hydroxylation sites is 1. The Bertz CT molecular complexity index is 1100. The first-order chi connectivity index (χ1) is 12.6. The van der Waals surface area contributed by atoms with Crippen molar-refractivity contribution in [2.24, 2.45) is 12.5 Å². The van der Waals surface area contributed by atoms with Crippen molar-refractivity contribution >= 4 is 27.2 Å². The van der Waals surface area contributed by atoms with Crippen LogP contribution in [0.1, 0.15) is 70.0 Å². The number of hydrogen-bond acceptors (Lipinski definition) is 2. The maximum Gasteiger partial charge on any atom is 0.103 e. The molecule has 0 spiro atoms. The van der Waals surface area contributed by atoms with Crippen molar-refractivity contribution in [3.8, 4) is 0 Å². The molecule has 0 N–H and O–H groups in total. The molecule has 4 heterocycles. The molecule has 2 aliphatic rings. The lowest BCUT2D eigenvalue weighted by Crippen LogP contribution is -2.62. The number of rotatable bonds is 0. The van der Waals surface area contributed by atoms with E-state index in [2.05, 4.69) is 94.6 Å². The SMILES string of the molecule is Cc1cccc2c1N1C(C)c3c(c4ccsc4n3C)C1(C)C(C)(C)C2(C)C. The molecule has 0 fully saturated rings. The van der Waals surface area contributed by atoms with Crippen LogP contribution in [-0.2, 0) is 18.0 Å². The number of benzene rings is 1. The summed E-state index contributed by atoms with van der Waals surface area (Å²) in [5.41, 5.74) is 7.48. The van der Waals surface area contributed by atoms with Gasteiger partial charge in [-0.25, -0.2) is 0 Å². The van der Waals surface area contributed by atoms with Gasteiger partial charge in [0.05, 0.1) is 11.6 Å². The standard InChI is InChI=1S/C24H30N2S/c1-14-10-9-11-17-19(14)26-15(2)20-18(16-12-13-27-21(16)25(20)8)24(26,7)23(5,6)22(17,3)4/h9-13,15H,1-8H3. The minimum absolute atomic E-state index is 0.0506. The molecule has 1 aromatic carbocycles. The first-order valence-electron chi connectivity index (χ1n) is 10.0. The van der Waals surface area contributed by atoms with Gasteiger partial charge in [-0.1, -0.05) is 45.9 Å². The summed E-state index contributed by atoms with van der Waals surface area (Å²) in [7, 11) is 2.26. The molecule has 2 nitrogen and oxygen atoms in total. The lowest BCUT2D eigenvalue weighted by molar-refractivity contribution is 0.0660. The first-order valence-corrected chi connectivity index (χ1v) is 10.9. The van der Waals surface area contributed by atoms with E-state index in [1.54, 1.807) is 5.56 Å². The second-order valence-corrected chi connectivity index (χ2v) is 10.7. The van der Waals surface area contributed by atoms with Crippen molar-refractivity contribution in [3.63, 3.8) is 0 Å². The van der Waals surface area contributed by atoms with Crippen LogP contribution in [-0.4, -0.2) is 4.57 Å². The Hall–Kier alpha value is -1.74. The van der Waals surface area contributed by atoms with Crippen LogP contribution in [0, 0.1) is 12.3 Å². The molecule has 0 saturated carbocycles. The van der Waals surface area contributed by atoms with Crippen LogP contribution in [0.15, 0.2) is 29.6 Å². The van der Waals surface area contributed by atoms with Gasteiger partial charge < -0.3 is 9.47 Å². The van der Waals surface area contributed by atoms with E-state index in [0.29, 0.717) is 6.04 Å². The molecule has 27 heavy (non-hydrogen) atoms. The van der Waals surface area contributed by atoms with Crippen LogP contribution in [0.2, 0.25) is 0 Å². The average Bonchev–Trinajstić information content (AvgIpc) is 3.22. The normalized spacial score (nSPS) is 27.6. The molecule has 0 saturated heterocycles. The monoisotopic (exact) mass is 378 g/mol. The third-order valence-corrected chi connectivity index (χ3v) is 9.51. The predicted octanol–water partition coefficient (Wildman–Crippen LogP) is 6.66. The predicted molar refractivity (Wildman–Crippen MR) is 117 cm³/mol. The van der Waals surface area contributed by atoms with Gasteiger partial charge in [0.2, 0.25) is 0 Å². The van der Waals surface area contributed by atoms with Crippen LogP contribution in [0.5, 0.6) is 0 Å². The summed E-state index contributed by atoms with van der Waals surface area (Å²) in [6.07, 6.45) is 0. The molecule has 0 radical (unpaired) electrons. The van der Waals surface area contributed by atoms with Crippen LogP contribution < -0.4 is 4.90 Å². The molecule has 0 aliphatic carbocycles. The zero-order valence-corrected chi connectivity index (χ0v) is 18.6. The summed E-state index contributed by atoms with van der Waals surface area (Å²) < 4.78 is 2.46. The number of thiophene rings is 1. The van der Waals surface area contributed by atoms with Gasteiger partial charge in [0.15, 0.2) is 0 Å². The van der Waals surface area contributed by atoms with Gasteiger partial charge in [0.25, 0.3) is 0 Å². The van der Waals surface area contributed by atoms with Gasteiger partial charge in [-0.3, -0.25) is 0 Å². The second kappa shape index (κ2) is 4.81. The van der Waals surface area contributed by atoms with Crippen LogP contribution in [0.3, 0.4) is 0 Å². The molecule has 0 bridgehead atoms. The van der Waals surface area contributed by atoms with Crippen molar-refractivity contribution in [2.75, 3.05) is 4.90 Å². The number of fused-ring (bicyclic) bond motifs is 7. The maximum absolute atomic E-state index is 2.75. The molecule has 142 valence electrons. The van der Waals surface area contributed by atoms with Crippen molar-refractivity contribution in [1.82, 2.24) is 4.57 Å². The van der Waals surface area contributed by atoms with E-state index < -0.39 is 0 Å². The fraction of sp³-hybridized carbons (Fsp3) is 0.500. The highest BCUT2D eigenvalue weighted by atomic mass is 32.1. The van der Waals surface area contributed by atoms with E-state index in [1.165, 1.54) is 32.7 Å². The summed E-state index contributed by atoms with van der Waals surface area (Å²) in [5, 5.41) is 3.71. The van der Waals surface area contributed by atoms with E-state index in [1.807, 2.05) is 11.3 Å². The van der Waals surface area contributed by atoms with Gasteiger partial charge in [0.1, 0.15) is 4.83 Å². The zero-order valence-electron chi connectivity index (χ0n) is 17.8. The molecule has 2 aliphatic heterocycles. The minimum Gasteiger partial charge on any atom is -0.353 e. The molecule has 2 aromatic heterocycles. The molecule has 3 aromatic rings. The van der Waals surface area contributed by atoms with Crippen LogP contribution in [0.25, 0.3) is 10.2 Å². The Labute approximate surface area is 166 Å². The summed E-state index contributed by atoms with van der Waals surface area (Å²) in [6, 6.07) is 9.59. The van der Waals surface area contributed by atoms with Crippen molar-refractivity contribution in [2.45, 2.75) is 65.5 Å². The Morgan fingerprint density at radius 3 is 2.44 bits per heavy atom. The summed E-state index contributed by atoms with van der Waals surface area (Å²) in [6.45, 7) is 17.1. The number of hydrogen-bond donors (Lipinski definition) is 0. The smallest absolute Gasteiger partial charge is 0.103 e. The number of aryl methyl sites for hydroxylation is 2. The highest BCUT2D eigenvalue weighted by molar-refractivity contribution is 7.16. The number of anilines is 1.